The predicted molar refractivity (Wildman–Crippen MR) is 134 cm³/mol. The van der Waals surface area contributed by atoms with Crippen molar-refractivity contribution in [1.82, 2.24) is 4.90 Å². The number of hydrogen-bond donors (Lipinski definition) is 0. The molecule has 0 saturated carbocycles. The Morgan fingerprint density at radius 1 is 0.824 bits per heavy atom. The van der Waals surface area contributed by atoms with Gasteiger partial charge in [0.05, 0.1) is 0 Å². The van der Waals surface area contributed by atoms with Gasteiger partial charge in [-0.3, -0.25) is 0 Å². The second kappa shape index (κ2) is 10.5. The summed E-state index contributed by atoms with van der Waals surface area (Å²) in [6, 6.07) is 26.1. The van der Waals surface area contributed by atoms with Gasteiger partial charge >= 0.3 is 6.09 Å². The molecule has 0 spiro atoms. The Morgan fingerprint density at radius 3 is 1.79 bits per heavy atom. The number of amides is 1. The molecule has 0 atom stereocenters. The lowest BCUT2D eigenvalue weighted by Crippen LogP contribution is -2.46. The fourth-order valence-corrected chi connectivity index (χ4v) is 3.55. The van der Waals surface area contributed by atoms with E-state index in [1.54, 1.807) is 4.90 Å². The Hall–Kier alpha value is -3.73. The molecule has 1 saturated heterocycles. The molecule has 1 aliphatic heterocycles. The normalized spacial score (nSPS) is 13.1. The Bertz CT molecular complexity index is 1060. The number of hydrogen-bond acceptors (Lipinski definition) is 4. The third kappa shape index (κ3) is 6.88. The van der Waals surface area contributed by atoms with Crippen molar-refractivity contribution >= 4 is 12.2 Å². The van der Waals surface area contributed by atoms with E-state index in [1.165, 1.54) is 0 Å². The number of carbonyl (C=O) groups excluding carboxylic acids is 1. The molecule has 1 aliphatic rings. The first-order valence-corrected chi connectivity index (χ1v) is 11.5. The Morgan fingerprint density at radius 2 is 1.32 bits per heavy atom. The van der Waals surface area contributed by atoms with Gasteiger partial charge in [-0.15, -0.1) is 0 Å². The number of ether oxygens (including phenoxy) is 3. The minimum absolute atomic E-state index is 0.281. The van der Waals surface area contributed by atoms with Crippen molar-refractivity contribution < 1.29 is 19.0 Å². The van der Waals surface area contributed by atoms with Gasteiger partial charge in [0.15, 0.2) is 0 Å². The minimum Gasteiger partial charge on any atom is -0.489 e. The van der Waals surface area contributed by atoms with Gasteiger partial charge in [-0.25, -0.2) is 4.79 Å². The van der Waals surface area contributed by atoms with Crippen molar-refractivity contribution in [2.24, 2.45) is 0 Å². The molecule has 5 heteroatoms. The minimum atomic E-state index is -0.494. The van der Waals surface area contributed by atoms with E-state index in [-0.39, 0.29) is 6.09 Å². The maximum atomic E-state index is 12.2. The van der Waals surface area contributed by atoms with Crippen LogP contribution in [0, 0.1) is 0 Å². The van der Waals surface area contributed by atoms with E-state index >= 15 is 0 Å². The topological polar surface area (TPSA) is 48.0 Å². The van der Waals surface area contributed by atoms with Crippen LogP contribution in [0.3, 0.4) is 0 Å². The first-order chi connectivity index (χ1) is 16.3. The summed E-state index contributed by atoms with van der Waals surface area (Å²) in [5.41, 5.74) is 3.84. The lowest BCUT2D eigenvalue weighted by atomic mass is 10.0. The van der Waals surface area contributed by atoms with E-state index in [0.717, 1.165) is 33.8 Å². The first-order valence-electron chi connectivity index (χ1n) is 11.5. The van der Waals surface area contributed by atoms with Crippen LogP contribution < -0.4 is 9.47 Å². The number of carbonyl (C=O) groups is 1. The maximum Gasteiger partial charge on any atom is 0.410 e. The molecule has 0 N–H and O–H groups in total. The molecule has 176 valence electrons. The second-order valence-electron chi connectivity index (χ2n) is 9.43. The summed E-state index contributed by atoms with van der Waals surface area (Å²) in [6.45, 7) is 7.70. The Kier molecular flexibility index (Phi) is 7.21. The Balaban J connectivity index is 1.46. The van der Waals surface area contributed by atoms with Gasteiger partial charge in [0.2, 0.25) is 0 Å². The summed E-state index contributed by atoms with van der Waals surface area (Å²) in [5.74, 6) is 1.48. The van der Waals surface area contributed by atoms with Crippen molar-refractivity contribution in [3.8, 4) is 11.5 Å². The summed E-state index contributed by atoms with van der Waals surface area (Å²) in [5, 5.41) is 0. The number of benzene rings is 3. The van der Waals surface area contributed by atoms with E-state index in [0.29, 0.717) is 26.3 Å². The van der Waals surface area contributed by atoms with Crippen LogP contribution in [0.5, 0.6) is 11.5 Å². The summed E-state index contributed by atoms with van der Waals surface area (Å²) in [4.78, 5) is 13.9. The fourth-order valence-electron chi connectivity index (χ4n) is 3.55. The molecule has 0 bridgehead atoms. The number of likely N-dealkylation sites (tertiary alicyclic amines) is 1. The predicted octanol–water partition coefficient (Wildman–Crippen LogP) is 6.48. The highest BCUT2D eigenvalue weighted by atomic mass is 16.6. The first kappa shape index (κ1) is 23.4. The smallest absolute Gasteiger partial charge is 0.410 e. The van der Waals surface area contributed by atoms with Gasteiger partial charge in [-0.2, -0.15) is 0 Å². The molecule has 5 nitrogen and oxygen atoms in total. The summed E-state index contributed by atoms with van der Waals surface area (Å²) in [7, 11) is 0. The quantitative estimate of drug-likeness (QED) is 0.407. The zero-order valence-electron chi connectivity index (χ0n) is 20.0. The van der Waals surface area contributed by atoms with Crippen molar-refractivity contribution in [2.75, 3.05) is 13.1 Å². The third-order valence-electron chi connectivity index (χ3n) is 5.21. The molecule has 3 aromatic rings. The van der Waals surface area contributed by atoms with E-state index < -0.39 is 5.60 Å². The molecular weight excluding hydrogens is 426 g/mol. The monoisotopic (exact) mass is 457 g/mol. The zero-order valence-corrected chi connectivity index (χ0v) is 20.0. The van der Waals surface area contributed by atoms with Gasteiger partial charge in [0.25, 0.3) is 0 Å². The highest BCUT2D eigenvalue weighted by Gasteiger charge is 2.29. The summed E-state index contributed by atoms with van der Waals surface area (Å²) in [6.07, 6.45) is 1.81. The molecule has 0 aromatic heterocycles. The second-order valence-corrected chi connectivity index (χ2v) is 9.43. The van der Waals surface area contributed by atoms with Crippen molar-refractivity contribution in [2.45, 2.75) is 39.6 Å². The molecule has 34 heavy (non-hydrogen) atoms. The lowest BCUT2D eigenvalue weighted by Gasteiger charge is -2.35. The number of rotatable bonds is 7. The average molecular weight is 458 g/mol. The maximum absolute atomic E-state index is 12.2. The average Bonchev–Trinajstić information content (AvgIpc) is 2.78. The number of nitrogens with zero attached hydrogens (tertiary/aromatic N) is 1. The molecule has 1 fully saturated rings. The van der Waals surface area contributed by atoms with Crippen molar-refractivity contribution in [1.29, 1.82) is 0 Å². The zero-order chi connectivity index (χ0) is 24.0. The van der Waals surface area contributed by atoms with Gasteiger partial charge < -0.3 is 19.1 Å². The van der Waals surface area contributed by atoms with Crippen LogP contribution in [0.1, 0.15) is 37.5 Å². The molecule has 4 rings (SSSR count). The van der Waals surface area contributed by atoms with Gasteiger partial charge in [-0.1, -0.05) is 66.7 Å². The SMILES string of the molecule is CC(C)(C)OC(=O)N1CC(=Cc2cc(OCc3ccccc3)cc(OCc3ccccc3)c2)C1. The molecule has 1 heterocycles. The Labute approximate surface area is 201 Å². The van der Waals surface area contributed by atoms with Crippen LogP contribution in [0.25, 0.3) is 6.08 Å². The van der Waals surface area contributed by atoms with E-state index in [4.69, 9.17) is 14.2 Å². The molecule has 0 aliphatic carbocycles. The standard InChI is InChI=1S/C29H31NO4/c1-29(2,3)34-28(31)30-18-25(19-30)14-24-15-26(32-20-22-10-6-4-7-11-22)17-27(16-24)33-21-23-12-8-5-9-13-23/h4-17H,18-21H2,1-3H3. The van der Waals surface area contributed by atoms with E-state index in [2.05, 4.69) is 6.08 Å². The molecule has 3 aromatic carbocycles. The van der Waals surface area contributed by atoms with Crippen molar-refractivity contribution in [3.63, 3.8) is 0 Å². The largest absolute Gasteiger partial charge is 0.489 e. The van der Waals surface area contributed by atoms with Gasteiger partial charge in [-0.05, 0) is 55.2 Å². The van der Waals surface area contributed by atoms with Crippen LogP contribution in [-0.4, -0.2) is 29.7 Å². The molecule has 0 unspecified atom stereocenters. The van der Waals surface area contributed by atoms with Crippen molar-refractivity contribution in [3.05, 3.63) is 101 Å². The van der Waals surface area contributed by atoms with E-state index in [9.17, 15) is 4.79 Å². The van der Waals surface area contributed by atoms with Crippen LogP contribution >= 0.6 is 0 Å². The fraction of sp³-hybridized carbons (Fsp3) is 0.276. The lowest BCUT2D eigenvalue weighted by molar-refractivity contribution is 0.0216. The van der Waals surface area contributed by atoms with Crippen LogP contribution in [0.2, 0.25) is 0 Å². The van der Waals surface area contributed by atoms with Crippen LogP contribution in [0.4, 0.5) is 4.79 Å². The highest BCUT2D eigenvalue weighted by Crippen LogP contribution is 2.28. The third-order valence-corrected chi connectivity index (χ3v) is 5.21. The molecule has 1 amide bonds. The molecule has 0 radical (unpaired) electrons. The van der Waals surface area contributed by atoms with Crippen LogP contribution in [0.15, 0.2) is 84.4 Å². The van der Waals surface area contributed by atoms with Gasteiger partial charge in [0, 0.05) is 19.2 Å². The summed E-state index contributed by atoms with van der Waals surface area (Å²) < 4.78 is 17.6. The van der Waals surface area contributed by atoms with E-state index in [1.807, 2.05) is 99.6 Å². The van der Waals surface area contributed by atoms with Gasteiger partial charge in [0.1, 0.15) is 30.3 Å². The highest BCUT2D eigenvalue weighted by molar-refractivity contribution is 5.72. The summed E-state index contributed by atoms with van der Waals surface area (Å²) >= 11 is 0. The van der Waals surface area contributed by atoms with Crippen LogP contribution in [-0.2, 0) is 18.0 Å². The molecular formula is C29H31NO4.